The third-order valence-electron chi connectivity index (χ3n) is 4.70. The van der Waals surface area contributed by atoms with Gasteiger partial charge in [-0.2, -0.15) is 4.99 Å². The molecular weight excluding hydrogens is 390 g/mol. The van der Waals surface area contributed by atoms with Crippen molar-refractivity contribution in [2.24, 2.45) is 4.99 Å². The Bertz CT molecular complexity index is 930. The van der Waals surface area contributed by atoms with Gasteiger partial charge in [0.15, 0.2) is 11.4 Å². The van der Waals surface area contributed by atoms with Crippen LogP contribution in [0.5, 0.6) is 0 Å². The van der Waals surface area contributed by atoms with Crippen LogP contribution in [-0.2, 0) is 25.7 Å². The number of ether oxygens (including phenoxy) is 1. The first kappa shape index (κ1) is 21.0. The molecule has 29 heavy (non-hydrogen) atoms. The third-order valence-corrected chi connectivity index (χ3v) is 5.50. The van der Waals surface area contributed by atoms with Gasteiger partial charge in [0, 0.05) is 31.1 Å². The van der Waals surface area contributed by atoms with E-state index in [-0.39, 0.29) is 12.5 Å². The van der Waals surface area contributed by atoms with Gasteiger partial charge in [-0.15, -0.1) is 11.3 Å². The van der Waals surface area contributed by atoms with Crippen LogP contribution >= 0.6 is 11.3 Å². The summed E-state index contributed by atoms with van der Waals surface area (Å²) in [7, 11) is 0. The molecule has 1 aromatic heterocycles. The van der Waals surface area contributed by atoms with Crippen molar-refractivity contribution < 1.29 is 19.1 Å². The lowest BCUT2D eigenvalue weighted by molar-refractivity contribution is -0.151. The minimum atomic E-state index is -0.581. The van der Waals surface area contributed by atoms with E-state index in [4.69, 9.17) is 4.74 Å². The number of benzene rings is 1. The maximum absolute atomic E-state index is 12.1. The van der Waals surface area contributed by atoms with Crippen LogP contribution in [0, 0.1) is 6.92 Å². The molecule has 0 aliphatic carbocycles. The fourth-order valence-electron chi connectivity index (χ4n) is 3.09. The first-order chi connectivity index (χ1) is 14.0. The Morgan fingerprint density at radius 3 is 2.76 bits per heavy atom. The number of rotatable bonds is 6. The molecule has 2 aromatic rings. The van der Waals surface area contributed by atoms with Gasteiger partial charge >= 0.3 is 5.97 Å². The number of carbonyl (C=O) groups excluding carboxylic acids is 3. The molecule has 7 nitrogen and oxygen atoms in total. The molecular formula is C21H25N3O4S. The fraction of sp³-hybridized carbons (Fsp3) is 0.429. The minimum absolute atomic E-state index is 0.0359. The van der Waals surface area contributed by atoms with E-state index in [0.717, 1.165) is 24.8 Å². The molecule has 0 saturated carbocycles. The molecule has 2 heterocycles. The average Bonchev–Trinajstić information content (AvgIpc) is 3.02. The molecule has 3 rings (SSSR count). The van der Waals surface area contributed by atoms with E-state index in [1.54, 1.807) is 0 Å². The van der Waals surface area contributed by atoms with Crippen LogP contribution in [0.2, 0.25) is 0 Å². The van der Waals surface area contributed by atoms with Gasteiger partial charge in [0.2, 0.25) is 5.91 Å². The Kier molecular flexibility index (Phi) is 7.35. The quantitative estimate of drug-likeness (QED) is 0.678. The monoisotopic (exact) mass is 415 g/mol. The number of likely N-dealkylation sites (tertiary alicyclic amines) is 1. The topological polar surface area (TPSA) is 81.0 Å². The zero-order valence-electron chi connectivity index (χ0n) is 16.5. The molecule has 0 bridgehead atoms. The van der Waals surface area contributed by atoms with Crippen molar-refractivity contribution in [3.8, 4) is 0 Å². The minimum Gasteiger partial charge on any atom is -0.454 e. The molecule has 1 aliphatic rings. The fourth-order valence-corrected chi connectivity index (χ4v) is 3.83. The first-order valence-corrected chi connectivity index (χ1v) is 10.6. The number of nitrogens with zero attached hydrogens (tertiary/aromatic N) is 3. The standard InChI is InChI=1S/C21H25N3O4S/c1-16-6-8-17(9-7-16)13-24-11-12-29-21(24)22-18(25)15-28-20(27)14-23-10-4-2-3-5-19(23)26/h6-9,11-12H,2-5,10,13-15H2,1H3. The Morgan fingerprint density at radius 2 is 1.97 bits per heavy atom. The number of carbonyl (C=O) groups is 3. The number of hydrogen-bond donors (Lipinski definition) is 0. The van der Waals surface area contributed by atoms with Crippen LogP contribution in [0.3, 0.4) is 0 Å². The van der Waals surface area contributed by atoms with Crippen molar-refractivity contribution in [3.63, 3.8) is 0 Å². The number of hydrogen-bond acceptors (Lipinski definition) is 5. The molecule has 2 amide bonds. The summed E-state index contributed by atoms with van der Waals surface area (Å²) in [5, 5.41) is 1.86. The highest BCUT2D eigenvalue weighted by atomic mass is 32.1. The predicted molar refractivity (Wildman–Crippen MR) is 109 cm³/mol. The molecule has 1 fully saturated rings. The zero-order valence-corrected chi connectivity index (χ0v) is 17.3. The van der Waals surface area contributed by atoms with Crippen LogP contribution in [0.15, 0.2) is 40.8 Å². The van der Waals surface area contributed by atoms with Crippen molar-refractivity contribution in [1.29, 1.82) is 0 Å². The lowest BCUT2D eigenvalue weighted by Crippen LogP contribution is -2.36. The first-order valence-electron chi connectivity index (χ1n) is 9.72. The average molecular weight is 416 g/mol. The van der Waals surface area contributed by atoms with Gasteiger partial charge in [0.05, 0.1) is 0 Å². The second-order valence-corrected chi connectivity index (χ2v) is 7.96. The largest absolute Gasteiger partial charge is 0.454 e. The van der Waals surface area contributed by atoms with Gasteiger partial charge in [0.25, 0.3) is 5.91 Å². The van der Waals surface area contributed by atoms with Gasteiger partial charge in [-0.1, -0.05) is 36.2 Å². The molecule has 0 atom stereocenters. The van der Waals surface area contributed by atoms with E-state index in [9.17, 15) is 14.4 Å². The smallest absolute Gasteiger partial charge is 0.326 e. The molecule has 154 valence electrons. The molecule has 1 aliphatic heterocycles. The van der Waals surface area contributed by atoms with Crippen LogP contribution in [0.25, 0.3) is 0 Å². The summed E-state index contributed by atoms with van der Waals surface area (Å²) >= 11 is 1.35. The number of thiazole rings is 1. The Labute approximate surface area is 173 Å². The molecule has 8 heteroatoms. The van der Waals surface area contributed by atoms with E-state index in [1.807, 2.05) is 47.3 Å². The Hall–Kier alpha value is -2.74. The highest BCUT2D eigenvalue weighted by Crippen LogP contribution is 2.11. The lowest BCUT2D eigenvalue weighted by atomic mass is 10.1. The highest BCUT2D eigenvalue weighted by Gasteiger charge is 2.20. The van der Waals surface area contributed by atoms with E-state index in [0.29, 0.717) is 24.3 Å². The molecule has 1 aromatic carbocycles. The van der Waals surface area contributed by atoms with Gasteiger partial charge in [-0.05, 0) is 25.3 Å². The normalized spacial score (nSPS) is 15.3. The Morgan fingerprint density at radius 1 is 1.17 bits per heavy atom. The van der Waals surface area contributed by atoms with Crippen molar-refractivity contribution >= 4 is 29.1 Å². The summed E-state index contributed by atoms with van der Waals surface area (Å²) in [6, 6.07) is 8.16. The summed E-state index contributed by atoms with van der Waals surface area (Å²) in [4.78, 5) is 42.2. The predicted octanol–water partition coefficient (Wildman–Crippen LogP) is 2.28. The summed E-state index contributed by atoms with van der Waals surface area (Å²) in [5.74, 6) is -1.14. The van der Waals surface area contributed by atoms with E-state index < -0.39 is 18.5 Å². The van der Waals surface area contributed by atoms with Crippen molar-refractivity contribution in [3.05, 3.63) is 51.8 Å². The molecule has 0 spiro atoms. The lowest BCUT2D eigenvalue weighted by Gasteiger charge is -2.18. The maximum Gasteiger partial charge on any atom is 0.326 e. The molecule has 0 N–H and O–H groups in total. The van der Waals surface area contributed by atoms with Gasteiger partial charge in [-0.3, -0.25) is 14.4 Å². The SMILES string of the molecule is Cc1ccc(Cn2ccsc2=NC(=O)COC(=O)CN2CCCCCC2=O)cc1. The summed E-state index contributed by atoms with van der Waals surface area (Å²) in [6.07, 6.45) is 5.05. The van der Waals surface area contributed by atoms with Crippen LogP contribution in [0.1, 0.15) is 36.8 Å². The highest BCUT2D eigenvalue weighted by molar-refractivity contribution is 7.07. The van der Waals surface area contributed by atoms with Crippen molar-refractivity contribution in [1.82, 2.24) is 9.47 Å². The van der Waals surface area contributed by atoms with Crippen LogP contribution < -0.4 is 4.80 Å². The molecule has 0 unspecified atom stereocenters. The van der Waals surface area contributed by atoms with Crippen molar-refractivity contribution in [2.45, 2.75) is 39.2 Å². The second kappa shape index (κ2) is 10.2. The van der Waals surface area contributed by atoms with Gasteiger partial charge in [-0.25, -0.2) is 0 Å². The summed E-state index contributed by atoms with van der Waals surface area (Å²) < 4.78 is 6.91. The number of esters is 1. The maximum atomic E-state index is 12.1. The van der Waals surface area contributed by atoms with E-state index in [1.165, 1.54) is 21.8 Å². The number of aromatic nitrogens is 1. The second-order valence-electron chi connectivity index (χ2n) is 7.09. The Balaban J connectivity index is 1.54. The molecule has 0 radical (unpaired) electrons. The van der Waals surface area contributed by atoms with Crippen LogP contribution in [0.4, 0.5) is 0 Å². The molecule has 1 saturated heterocycles. The zero-order chi connectivity index (χ0) is 20.6. The third kappa shape index (κ3) is 6.39. The van der Waals surface area contributed by atoms with Crippen molar-refractivity contribution in [2.75, 3.05) is 19.7 Å². The number of amides is 2. The summed E-state index contributed by atoms with van der Waals surface area (Å²) in [6.45, 7) is 2.65. The summed E-state index contributed by atoms with van der Waals surface area (Å²) in [5.41, 5.74) is 2.30. The van der Waals surface area contributed by atoms with E-state index >= 15 is 0 Å². The van der Waals surface area contributed by atoms with Gasteiger partial charge in [0.1, 0.15) is 6.54 Å². The van der Waals surface area contributed by atoms with E-state index in [2.05, 4.69) is 4.99 Å². The number of aryl methyl sites for hydroxylation is 1. The van der Waals surface area contributed by atoms with Crippen LogP contribution in [-0.4, -0.2) is 46.9 Å². The van der Waals surface area contributed by atoms with Gasteiger partial charge < -0.3 is 14.2 Å².